The molecule has 43 heavy (non-hydrogen) atoms. The van der Waals surface area contributed by atoms with Crippen LogP contribution in [0.15, 0.2) is 107 Å². The van der Waals surface area contributed by atoms with E-state index < -0.39 is 0 Å². The number of unbranched alkanes of at least 4 members (excludes halogenated alkanes) is 8. The summed E-state index contributed by atoms with van der Waals surface area (Å²) < 4.78 is 5.67. The predicted molar refractivity (Wildman–Crippen MR) is 188 cm³/mol. The molecule has 0 aliphatic rings. The summed E-state index contributed by atoms with van der Waals surface area (Å²) in [7, 11) is 0. The highest BCUT2D eigenvalue weighted by Gasteiger charge is 2.10. The van der Waals surface area contributed by atoms with Crippen molar-refractivity contribution in [1.82, 2.24) is 0 Å². The number of hydrogen-bond acceptors (Lipinski definition) is 4. The Morgan fingerprint density at radius 1 is 0.488 bits per heavy atom. The fraction of sp³-hybridized carbons (Fsp3) is 0.359. The molecule has 4 aromatic rings. The molecule has 0 bridgehead atoms. The highest BCUT2D eigenvalue weighted by atomic mass is 32.2. The monoisotopic (exact) mass is 610 g/mol. The number of rotatable bonds is 18. The van der Waals surface area contributed by atoms with Crippen LogP contribution >= 0.6 is 23.5 Å². The van der Waals surface area contributed by atoms with Crippen LogP contribution in [0.3, 0.4) is 0 Å². The van der Waals surface area contributed by atoms with E-state index in [2.05, 4.69) is 62.4 Å². The van der Waals surface area contributed by atoms with Crippen LogP contribution in [0.2, 0.25) is 0 Å². The van der Waals surface area contributed by atoms with Gasteiger partial charge in [0.1, 0.15) is 5.75 Å². The highest BCUT2D eigenvalue weighted by Crippen LogP contribution is 2.28. The van der Waals surface area contributed by atoms with Gasteiger partial charge in [-0.3, -0.25) is 0 Å². The molecule has 226 valence electrons. The quantitative estimate of drug-likeness (QED) is 0.0484. The van der Waals surface area contributed by atoms with Gasteiger partial charge in [0.25, 0.3) is 0 Å². The molecule has 0 atom stereocenters. The molecule has 0 amide bonds. The van der Waals surface area contributed by atoms with Crippen molar-refractivity contribution >= 4 is 29.5 Å². The van der Waals surface area contributed by atoms with Gasteiger partial charge >= 0.3 is 5.97 Å². The van der Waals surface area contributed by atoms with Crippen LogP contribution in [0.5, 0.6) is 5.75 Å². The predicted octanol–water partition coefficient (Wildman–Crippen LogP) is 12.4. The number of esters is 1. The molecule has 0 aliphatic heterocycles. The van der Waals surface area contributed by atoms with Gasteiger partial charge in [-0.15, -0.1) is 23.5 Å². The molecule has 0 radical (unpaired) electrons. The molecule has 4 heteroatoms. The van der Waals surface area contributed by atoms with E-state index in [1.807, 2.05) is 72.1 Å². The maximum Gasteiger partial charge on any atom is 0.343 e. The van der Waals surface area contributed by atoms with E-state index in [9.17, 15) is 4.79 Å². The standard InChI is InChI=1S/C39H46O2S2/c1-3-5-7-9-10-12-30-43-38-25-19-33(20-26-38)31-13-15-35(16-14-31)39(40)41-36-23-17-32(18-24-36)34-21-27-37(28-22-34)42-29-11-8-6-4-2/h13-28H,3-12,29-30H2,1-2H3. The zero-order valence-electron chi connectivity index (χ0n) is 25.9. The van der Waals surface area contributed by atoms with Crippen LogP contribution < -0.4 is 4.74 Å². The van der Waals surface area contributed by atoms with Gasteiger partial charge in [-0.1, -0.05) is 114 Å². The summed E-state index contributed by atoms with van der Waals surface area (Å²) in [6.45, 7) is 4.51. The third-order valence-electron chi connectivity index (χ3n) is 7.59. The zero-order chi connectivity index (χ0) is 30.1. The fourth-order valence-electron chi connectivity index (χ4n) is 4.96. The van der Waals surface area contributed by atoms with Gasteiger partial charge in [-0.05, 0) is 95.1 Å². The number of thioether (sulfide) groups is 2. The van der Waals surface area contributed by atoms with Crippen molar-refractivity contribution in [2.45, 2.75) is 87.8 Å². The van der Waals surface area contributed by atoms with Crippen molar-refractivity contribution in [1.29, 1.82) is 0 Å². The van der Waals surface area contributed by atoms with Crippen molar-refractivity contribution in [3.63, 3.8) is 0 Å². The van der Waals surface area contributed by atoms with Gasteiger partial charge < -0.3 is 4.74 Å². The number of carbonyl (C=O) groups excluding carboxylic acids is 1. The fourth-order valence-corrected chi connectivity index (χ4v) is 6.78. The molecular formula is C39H46O2S2. The molecule has 0 fully saturated rings. The summed E-state index contributed by atoms with van der Waals surface area (Å²) in [5, 5.41) is 0. The Kier molecular flexibility index (Phi) is 14.3. The van der Waals surface area contributed by atoms with Crippen LogP contribution in [0.4, 0.5) is 0 Å². The third kappa shape index (κ3) is 11.2. The van der Waals surface area contributed by atoms with E-state index in [-0.39, 0.29) is 5.97 Å². The van der Waals surface area contributed by atoms with Crippen molar-refractivity contribution in [2.24, 2.45) is 0 Å². The third-order valence-corrected chi connectivity index (χ3v) is 9.79. The first-order chi connectivity index (χ1) is 21.2. The Balaban J connectivity index is 1.23. The molecule has 0 saturated carbocycles. The van der Waals surface area contributed by atoms with E-state index >= 15 is 0 Å². The Morgan fingerprint density at radius 2 is 0.860 bits per heavy atom. The number of benzene rings is 4. The van der Waals surface area contributed by atoms with Crippen LogP contribution in [0.1, 0.15) is 88.4 Å². The maximum absolute atomic E-state index is 12.8. The summed E-state index contributed by atoms with van der Waals surface area (Å²) >= 11 is 3.87. The lowest BCUT2D eigenvalue weighted by Gasteiger charge is -2.08. The van der Waals surface area contributed by atoms with E-state index in [0.717, 1.165) is 22.3 Å². The summed E-state index contributed by atoms with van der Waals surface area (Å²) in [5.41, 5.74) is 5.05. The Hall–Kier alpha value is -2.95. The van der Waals surface area contributed by atoms with Gasteiger partial charge in [0, 0.05) is 9.79 Å². The Bertz CT molecular complexity index is 1340. The SMILES string of the molecule is CCCCCCCCSc1ccc(-c2ccc(C(=O)Oc3ccc(-c4ccc(SCCCCCC)cc4)cc3)cc2)cc1. The summed E-state index contributed by atoms with van der Waals surface area (Å²) in [6, 6.07) is 32.9. The molecule has 0 aliphatic carbocycles. The van der Waals surface area contributed by atoms with Crippen molar-refractivity contribution in [3.05, 3.63) is 103 Å². The number of ether oxygens (including phenoxy) is 1. The lowest BCUT2D eigenvalue weighted by molar-refractivity contribution is 0.0735. The first-order valence-electron chi connectivity index (χ1n) is 16.0. The normalized spacial score (nSPS) is 11.0. The average molecular weight is 611 g/mol. The summed E-state index contributed by atoms with van der Waals surface area (Å²) in [5.74, 6) is 2.55. The van der Waals surface area contributed by atoms with Crippen molar-refractivity contribution in [3.8, 4) is 28.0 Å². The van der Waals surface area contributed by atoms with Gasteiger partial charge in [-0.25, -0.2) is 4.79 Å². The second kappa shape index (κ2) is 18.7. The molecule has 0 heterocycles. The largest absolute Gasteiger partial charge is 0.423 e. The molecule has 0 aromatic heterocycles. The lowest BCUT2D eigenvalue weighted by Crippen LogP contribution is -2.08. The summed E-state index contributed by atoms with van der Waals surface area (Å²) in [6.07, 6.45) is 13.2. The van der Waals surface area contributed by atoms with E-state index in [4.69, 9.17) is 4.74 Å². The molecule has 0 unspecified atom stereocenters. The first-order valence-corrected chi connectivity index (χ1v) is 18.0. The number of carbonyl (C=O) groups is 1. The Morgan fingerprint density at radius 3 is 1.33 bits per heavy atom. The van der Waals surface area contributed by atoms with Gasteiger partial charge in [-0.2, -0.15) is 0 Å². The minimum absolute atomic E-state index is 0.346. The summed E-state index contributed by atoms with van der Waals surface area (Å²) in [4.78, 5) is 15.4. The maximum atomic E-state index is 12.8. The van der Waals surface area contributed by atoms with Crippen molar-refractivity contribution in [2.75, 3.05) is 11.5 Å². The van der Waals surface area contributed by atoms with Crippen LogP contribution in [-0.2, 0) is 0 Å². The zero-order valence-corrected chi connectivity index (χ0v) is 27.5. The van der Waals surface area contributed by atoms with E-state index in [1.165, 1.54) is 85.5 Å². The molecule has 0 N–H and O–H groups in total. The minimum atomic E-state index is -0.346. The van der Waals surface area contributed by atoms with Crippen LogP contribution in [-0.4, -0.2) is 17.5 Å². The molecular weight excluding hydrogens is 565 g/mol. The smallest absolute Gasteiger partial charge is 0.343 e. The topological polar surface area (TPSA) is 26.3 Å². The second-order valence-corrected chi connectivity index (χ2v) is 13.4. The van der Waals surface area contributed by atoms with Crippen LogP contribution in [0.25, 0.3) is 22.3 Å². The molecule has 4 rings (SSSR count). The van der Waals surface area contributed by atoms with Gasteiger partial charge in [0.2, 0.25) is 0 Å². The number of hydrogen-bond donors (Lipinski definition) is 0. The molecule has 0 spiro atoms. The first kappa shape index (κ1) is 33.0. The van der Waals surface area contributed by atoms with E-state index in [1.54, 1.807) is 0 Å². The highest BCUT2D eigenvalue weighted by molar-refractivity contribution is 7.99. The van der Waals surface area contributed by atoms with Gasteiger partial charge in [0.15, 0.2) is 0 Å². The lowest BCUT2D eigenvalue weighted by atomic mass is 10.0. The van der Waals surface area contributed by atoms with Crippen molar-refractivity contribution < 1.29 is 9.53 Å². The second-order valence-electron chi connectivity index (χ2n) is 11.1. The van der Waals surface area contributed by atoms with Crippen LogP contribution in [0, 0.1) is 0 Å². The average Bonchev–Trinajstić information content (AvgIpc) is 3.05. The molecule has 4 aromatic carbocycles. The minimum Gasteiger partial charge on any atom is -0.423 e. The van der Waals surface area contributed by atoms with E-state index in [0.29, 0.717) is 11.3 Å². The Labute approximate surface area is 268 Å². The van der Waals surface area contributed by atoms with Gasteiger partial charge in [0.05, 0.1) is 5.56 Å². The molecule has 2 nitrogen and oxygen atoms in total. The molecule has 0 saturated heterocycles.